The fraction of sp³-hybridized carbons (Fsp3) is 0.357. The van der Waals surface area contributed by atoms with Gasteiger partial charge in [0, 0.05) is 22.7 Å². The first kappa shape index (κ1) is 14.1. The zero-order valence-corrected chi connectivity index (χ0v) is 12.3. The lowest BCUT2D eigenvalue weighted by Gasteiger charge is -2.21. The number of aromatic amines is 1. The summed E-state index contributed by atoms with van der Waals surface area (Å²) in [7, 11) is 0. The molecule has 0 bridgehead atoms. The van der Waals surface area contributed by atoms with Gasteiger partial charge in [0.25, 0.3) is 5.91 Å². The molecule has 5 heteroatoms. The van der Waals surface area contributed by atoms with Crippen LogP contribution in [-0.4, -0.2) is 34.0 Å². The Labute approximate surface area is 119 Å². The number of H-pyrrole nitrogens is 1. The number of benzene rings is 1. The Bertz CT molecular complexity index is 569. The number of carbonyl (C=O) groups excluding carboxylic acids is 1. The van der Waals surface area contributed by atoms with E-state index in [0.29, 0.717) is 17.4 Å². The summed E-state index contributed by atoms with van der Waals surface area (Å²) in [5.41, 5.74) is 1.89. The summed E-state index contributed by atoms with van der Waals surface area (Å²) in [6.07, 6.45) is 1.25. The SMILES string of the molecule is CCC(F)CN(CBr)C(=O)c1ccc2[nH]ccc2c1. The summed E-state index contributed by atoms with van der Waals surface area (Å²) in [6, 6.07) is 7.36. The van der Waals surface area contributed by atoms with Gasteiger partial charge in [-0.2, -0.15) is 0 Å². The van der Waals surface area contributed by atoms with Crippen molar-refractivity contribution in [3.63, 3.8) is 0 Å². The van der Waals surface area contributed by atoms with Crippen LogP contribution in [0.2, 0.25) is 0 Å². The fourth-order valence-electron chi connectivity index (χ4n) is 1.92. The molecule has 1 amide bonds. The molecule has 102 valence electrons. The number of aromatic nitrogens is 1. The zero-order chi connectivity index (χ0) is 13.8. The molecule has 1 heterocycles. The highest BCUT2D eigenvalue weighted by atomic mass is 79.9. The Kier molecular flexibility index (Phi) is 4.58. The minimum absolute atomic E-state index is 0.117. The maximum absolute atomic E-state index is 13.4. The molecule has 1 aromatic carbocycles. The minimum atomic E-state index is -0.988. The third-order valence-electron chi connectivity index (χ3n) is 3.09. The highest BCUT2D eigenvalue weighted by molar-refractivity contribution is 9.09. The lowest BCUT2D eigenvalue weighted by atomic mass is 10.1. The van der Waals surface area contributed by atoms with E-state index in [0.717, 1.165) is 10.9 Å². The highest BCUT2D eigenvalue weighted by Gasteiger charge is 2.18. The van der Waals surface area contributed by atoms with E-state index < -0.39 is 6.17 Å². The van der Waals surface area contributed by atoms with Crippen molar-refractivity contribution in [2.45, 2.75) is 19.5 Å². The molecule has 0 spiro atoms. The number of hydrogen-bond donors (Lipinski definition) is 1. The summed E-state index contributed by atoms with van der Waals surface area (Å²) in [4.78, 5) is 16.9. The van der Waals surface area contributed by atoms with Crippen LogP contribution in [0.4, 0.5) is 4.39 Å². The topological polar surface area (TPSA) is 36.1 Å². The van der Waals surface area contributed by atoms with Gasteiger partial charge in [-0.05, 0) is 30.7 Å². The van der Waals surface area contributed by atoms with Gasteiger partial charge < -0.3 is 9.88 Å². The Morgan fingerprint density at radius 1 is 1.47 bits per heavy atom. The average Bonchev–Trinajstić information content (AvgIpc) is 2.90. The van der Waals surface area contributed by atoms with E-state index in [1.807, 2.05) is 24.4 Å². The molecule has 0 saturated heterocycles. The molecule has 2 rings (SSSR count). The molecular weight excluding hydrogens is 311 g/mol. The van der Waals surface area contributed by atoms with Crippen LogP contribution in [0.1, 0.15) is 23.7 Å². The molecule has 0 radical (unpaired) electrons. The van der Waals surface area contributed by atoms with E-state index in [1.54, 1.807) is 13.0 Å². The first-order valence-corrected chi connectivity index (χ1v) is 7.34. The third-order valence-corrected chi connectivity index (χ3v) is 3.70. The van der Waals surface area contributed by atoms with E-state index in [1.165, 1.54) is 4.90 Å². The van der Waals surface area contributed by atoms with E-state index in [9.17, 15) is 9.18 Å². The van der Waals surface area contributed by atoms with E-state index in [4.69, 9.17) is 0 Å². The molecule has 0 aliphatic carbocycles. The summed E-state index contributed by atoms with van der Waals surface area (Å²) in [5, 5.41) is 0.979. The number of rotatable bonds is 5. The molecule has 1 aromatic heterocycles. The van der Waals surface area contributed by atoms with Crippen molar-refractivity contribution >= 4 is 32.7 Å². The average molecular weight is 327 g/mol. The predicted molar refractivity (Wildman–Crippen MR) is 78.3 cm³/mol. The van der Waals surface area contributed by atoms with Crippen LogP contribution in [0.15, 0.2) is 30.5 Å². The maximum atomic E-state index is 13.4. The van der Waals surface area contributed by atoms with Gasteiger partial charge >= 0.3 is 0 Å². The molecule has 0 aliphatic rings. The van der Waals surface area contributed by atoms with Crippen molar-refractivity contribution in [2.75, 3.05) is 12.0 Å². The lowest BCUT2D eigenvalue weighted by Crippen LogP contribution is -2.35. The van der Waals surface area contributed by atoms with Gasteiger partial charge in [-0.15, -0.1) is 0 Å². The maximum Gasteiger partial charge on any atom is 0.254 e. The van der Waals surface area contributed by atoms with E-state index >= 15 is 0 Å². The molecule has 1 atom stereocenters. The van der Waals surface area contributed by atoms with Crippen molar-refractivity contribution in [2.24, 2.45) is 0 Å². The Morgan fingerprint density at radius 2 is 2.26 bits per heavy atom. The molecule has 1 unspecified atom stereocenters. The number of halogens is 2. The van der Waals surface area contributed by atoms with Crippen molar-refractivity contribution in [3.05, 3.63) is 36.0 Å². The number of amides is 1. The largest absolute Gasteiger partial charge is 0.361 e. The van der Waals surface area contributed by atoms with Crippen molar-refractivity contribution in [3.8, 4) is 0 Å². The number of nitrogens with one attached hydrogen (secondary N) is 1. The zero-order valence-electron chi connectivity index (χ0n) is 10.7. The Hall–Kier alpha value is -1.36. The van der Waals surface area contributed by atoms with Gasteiger partial charge in [-0.1, -0.05) is 22.9 Å². The van der Waals surface area contributed by atoms with Crippen LogP contribution in [0, 0.1) is 0 Å². The first-order valence-electron chi connectivity index (χ1n) is 6.22. The van der Waals surface area contributed by atoms with Crippen LogP contribution in [-0.2, 0) is 0 Å². The second-order valence-corrected chi connectivity index (χ2v) is 4.93. The standard InChI is InChI=1S/C14H16BrFN2O/c1-2-12(16)8-18(9-15)14(19)11-3-4-13-10(7-11)5-6-17-13/h3-7,12,17H,2,8-9H2,1H3. The van der Waals surface area contributed by atoms with Crippen LogP contribution in [0.5, 0.6) is 0 Å². The summed E-state index contributed by atoms with van der Waals surface area (Å²) in [6.45, 7) is 1.89. The molecule has 0 fully saturated rings. The van der Waals surface area contributed by atoms with Crippen molar-refractivity contribution in [1.29, 1.82) is 0 Å². The van der Waals surface area contributed by atoms with Crippen molar-refractivity contribution < 1.29 is 9.18 Å². The van der Waals surface area contributed by atoms with E-state index in [2.05, 4.69) is 20.9 Å². The van der Waals surface area contributed by atoms with Gasteiger partial charge in [0.05, 0.1) is 12.0 Å². The Balaban J connectivity index is 2.20. The molecule has 0 aliphatic heterocycles. The van der Waals surface area contributed by atoms with Crippen LogP contribution in [0.25, 0.3) is 10.9 Å². The second kappa shape index (κ2) is 6.19. The minimum Gasteiger partial charge on any atom is -0.361 e. The number of fused-ring (bicyclic) bond motifs is 1. The number of carbonyl (C=O) groups is 1. The third kappa shape index (κ3) is 3.15. The van der Waals surface area contributed by atoms with Crippen LogP contribution >= 0.6 is 15.9 Å². The lowest BCUT2D eigenvalue weighted by molar-refractivity contribution is 0.0745. The predicted octanol–water partition coefficient (Wildman–Crippen LogP) is 3.71. The van der Waals surface area contributed by atoms with Gasteiger partial charge in [0.2, 0.25) is 0 Å². The number of hydrogen-bond acceptors (Lipinski definition) is 1. The molecule has 0 saturated carbocycles. The molecular formula is C14H16BrFN2O. The monoisotopic (exact) mass is 326 g/mol. The molecule has 19 heavy (non-hydrogen) atoms. The van der Waals surface area contributed by atoms with Crippen LogP contribution in [0.3, 0.4) is 0 Å². The van der Waals surface area contributed by atoms with Crippen molar-refractivity contribution in [1.82, 2.24) is 9.88 Å². The smallest absolute Gasteiger partial charge is 0.254 e. The quantitative estimate of drug-likeness (QED) is 0.659. The highest BCUT2D eigenvalue weighted by Crippen LogP contribution is 2.17. The second-order valence-electron chi connectivity index (χ2n) is 4.43. The Morgan fingerprint density at radius 3 is 2.95 bits per heavy atom. The fourth-order valence-corrected chi connectivity index (χ4v) is 2.36. The van der Waals surface area contributed by atoms with E-state index in [-0.39, 0.29) is 12.5 Å². The summed E-state index contributed by atoms with van der Waals surface area (Å²) >= 11 is 3.25. The van der Waals surface area contributed by atoms with Gasteiger partial charge in [0.15, 0.2) is 0 Å². The summed E-state index contributed by atoms with van der Waals surface area (Å²) < 4.78 is 13.4. The first-order chi connectivity index (χ1) is 9.15. The number of alkyl halides is 2. The molecule has 1 N–H and O–H groups in total. The van der Waals surface area contributed by atoms with Gasteiger partial charge in [-0.25, -0.2) is 4.39 Å². The normalized spacial score (nSPS) is 12.6. The molecule has 3 nitrogen and oxygen atoms in total. The van der Waals surface area contributed by atoms with Crippen LogP contribution < -0.4 is 0 Å². The number of nitrogens with zero attached hydrogens (tertiary/aromatic N) is 1. The van der Waals surface area contributed by atoms with Gasteiger partial charge in [-0.3, -0.25) is 4.79 Å². The van der Waals surface area contributed by atoms with Gasteiger partial charge in [0.1, 0.15) is 6.17 Å². The summed E-state index contributed by atoms with van der Waals surface area (Å²) in [5.74, 6) is -0.156. The molecule has 2 aromatic rings.